The third-order valence-corrected chi connectivity index (χ3v) is 4.34. The van der Waals surface area contributed by atoms with Crippen molar-refractivity contribution in [3.8, 4) is 0 Å². The zero-order valence-corrected chi connectivity index (χ0v) is 13.6. The minimum absolute atomic E-state index is 0.653. The zero-order chi connectivity index (χ0) is 16.2. The SMILES string of the molecule is C(=C1/COCC2=C1/C(=C/c1ccccc1)COC2)/c1ccccc1. The highest BCUT2D eigenvalue weighted by Crippen LogP contribution is 2.33. The predicted molar refractivity (Wildman–Crippen MR) is 97.5 cm³/mol. The Morgan fingerprint density at radius 2 is 1.04 bits per heavy atom. The third kappa shape index (κ3) is 3.25. The number of benzene rings is 2. The van der Waals surface area contributed by atoms with Crippen molar-refractivity contribution in [1.29, 1.82) is 0 Å². The molecule has 2 aliphatic heterocycles. The Morgan fingerprint density at radius 3 is 1.50 bits per heavy atom. The molecule has 0 atom stereocenters. The fourth-order valence-corrected chi connectivity index (χ4v) is 3.29. The van der Waals surface area contributed by atoms with E-state index in [1.807, 2.05) is 12.1 Å². The van der Waals surface area contributed by atoms with Crippen molar-refractivity contribution in [3.05, 3.63) is 94.1 Å². The summed E-state index contributed by atoms with van der Waals surface area (Å²) in [7, 11) is 0. The van der Waals surface area contributed by atoms with E-state index in [4.69, 9.17) is 9.47 Å². The maximum absolute atomic E-state index is 5.79. The van der Waals surface area contributed by atoms with E-state index in [9.17, 15) is 0 Å². The van der Waals surface area contributed by atoms with E-state index >= 15 is 0 Å². The van der Waals surface area contributed by atoms with Gasteiger partial charge in [0.05, 0.1) is 26.4 Å². The van der Waals surface area contributed by atoms with Crippen LogP contribution in [0.1, 0.15) is 11.1 Å². The zero-order valence-electron chi connectivity index (χ0n) is 13.6. The molecule has 2 aromatic rings. The summed E-state index contributed by atoms with van der Waals surface area (Å²) in [6, 6.07) is 20.9. The lowest BCUT2D eigenvalue weighted by Gasteiger charge is -2.29. The standard InChI is InChI=1S/C22H20O2/c1-3-7-17(8-4-1)11-19-13-23-15-21-16-24-14-20(22(19)21)12-18-9-5-2-6-10-18/h1-12H,13-16H2/b19-11+,20-12+. The van der Waals surface area contributed by atoms with Crippen LogP contribution in [-0.4, -0.2) is 26.4 Å². The fourth-order valence-electron chi connectivity index (χ4n) is 3.29. The van der Waals surface area contributed by atoms with Crippen LogP contribution in [0.25, 0.3) is 12.2 Å². The first-order valence-electron chi connectivity index (χ1n) is 8.29. The van der Waals surface area contributed by atoms with E-state index in [2.05, 4.69) is 60.7 Å². The molecule has 0 fully saturated rings. The number of hydrogen-bond acceptors (Lipinski definition) is 2. The summed E-state index contributed by atoms with van der Waals surface area (Å²) in [5, 5.41) is 0. The van der Waals surface area contributed by atoms with Gasteiger partial charge in [0, 0.05) is 0 Å². The second kappa shape index (κ2) is 7.00. The molecule has 0 bridgehead atoms. The van der Waals surface area contributed by atoms with Gasteiger partial charge < -0.3 is 9.47 Å². The van der Waals surface area contributed by atoms with Crippen LogP contribution in [0.3, 0.4) is 0 Å². The molecule has 4 rings (SSSR count). The van der Waals surface area contributed by atoms with Gasteiger partial charge in [-0.1, -0.05) is 60.7 Å². The van der Waals surface area contributed by atoms with Crippen molar-refractivity contribution < 1.29 is 9.47 Å². The van der Waals surface area contributed by atoms with Crippen LogP contribution >= 0.6 is 0 Å². The summed E-state index contributed by atoms with van der Waals surface area (Å²) in [6.07, 6.45) is 4.47. The van der Waals surface area contributed by atoms with Gasteiger partial charge in [-0.25, -0.2) is 0 Å². The fraction of sp³-hybridized carbons (Fsp3) is 0.182. The molecule has 2 nitrogen and oxygen atoms in total. The minimum atomic E-state index is 0.653. The Bertz CT molecular complexity index is 731. The van der Waals surface area contributed by atoms with Gasteiger partial charge in [-0.3, -0.25) is 0 Å². The molecule has 0 spiro atoms. The molecule has 2 aliphatic rings. The lowest BCUT2D eigenvalue weighted by molar-refractivity contribution is 0.122. The van der Waals surface area contributed by atoms with Crippen LogP contribution in [0.4, 0.5) is 0 Å². The molecule has 120 valence electrons. The van der Waals surface area contributed by atoms with Crippen LogP contribution < -0.4 is 0 Å². The minimum Gasteiger partial charge on any atom is -0.372 e. The molecule has 0 aromatic heterocycles. The summed E-state index contributed by atoms with van der Waals surface area (Å²) in [6.45, 7) is 2.63. The molecule has 0 radical (unpaired) electrons. The smallest absolute Gasteiger partial charge is 0.0727 e. The lowest BCUT2D eigenvalue weighted by atomic mass is 9.88. The maximum Gasteiger partial charge on any atom is 0.0727 e. The first kappa shape index (κ1) is 15.1. The predicted octanol–water partition coefficient (Wildman–Crippen LogP) is 4.51. The van der Waals surface area contributed by atoms with Crippen molar-refractivity contribution >= 4 is 12.2 Å². The number of hydrogen-bond donors (Lipinski definition) is 0. The summed E-state index contributed by atoms with van der Waals surface area (Å²) in [4.78, 5) is 0. The number of rotatable bonds is 2. The van der Waals surface area contributed by atoms with E-state index in [-0.39, 0.29) is 0 Å². The molecule has 0 saturated carbocycles. The van der Waals surface area contributed by atoms with E-state index in [1.165, 1.54) is 33.4 Å². The van der Waals surface area contributed by atoms with Crippen molar-refractivity contribution in [2.45, 2.75) is 0 Å². The van der Waals surface area contributed by atoms with Gasteiger partial charge in [-0.2, -0.15) is 0 Å². The molecule has 2 aromatic carbocycles. The Balaban J connectivity index is 1.77. The van der Waals surface area contributed by atoms with Crippen LogP contribution in [0, 0.1) is 0 Å². The van der Waals surface area contributed by atoms with Crippen molar-refractivity contribution in [2.75, 3.05) is 26.4 Å². The molecular formula is C22H20O2. The molecule has 0 N–H and O–H groups in total. The largest absolute Gasteiger partial charge is 0.372 e. The maximum atomic E-state index is 5.79. The van der Waals surface area contributed by atoms with Crippen LogP contribution in [0.5, 0.6) is 0 Å². The normalized spacial score (nSPS) is 21.2. The molecule has 2 heteroatoms. The van der Waals surface area contributed by atoms with Gasteiger partial charge in [0.1, 0.15) is 0 Å². The third-order valence-electron chi connectivity index (χ3n) is 4.34. The highest BCUT2D eigenvalue weighted by atomic mass is 16.5. The van der Waals surface area contributed by atoms with Gasteiger partial charge in [0.25, 0.3) is 0 Å². The monoisotopic (exact) mass is 316 g/mol. The Kier molecular flexibility index (Phi) is 4.41. The van der Waals surface area contributed by atoms with Crippen molar-refractivity contribution in [2.24, 2.45) is 0 Å². The van der Waals surface area contributed by atoms with Gasteiger partial charge in [0.15, 0.2) is 0 Å². The van der Waals surface area contributed by atoms with Gasteiger partial charge in [0.2, 0.25) is 0 Å². The Labute approximate surface area is 142 Å². The van der Waals surface area contributed by atoms with Crippen LogP contribution in [0.15, 0.2) is 83.0 Å². The molecule has 0 amide bonds. The molecule has 0 saturated heterocycles. The van der Waals surface area contributed by atoms with E-state index < -0.39 is 0 Å². The summed E-state index contributed by atoms with van der Waals surface area (Å²) >= 11 is 0. The molecule has 24 heavy (non-hydrogen) atoms. The average Bonchev–Trinajstić information content (AvgIpc) is 2.64. The van der Waals surface area contributed by atoms with E-state index in [0.717, 1.165) is 0 Å². The molecule has 0 unspecified atom stereocenters. The molecular weight excluding hydrogens is 296 g/mol. The number of ether oxygens (including phenoxy) is 2. The van der Waals surface area contributed by atoms with Crippen LogP contribution in [0.2, 0.25) is 0 Å². The highest BCUT2D eigenvalue weighted by molar-refractivity contribution is 5.71. The Hall–Kier alpha value is -2.42. The average molecular weight is 316 g/mol. The summed E-state index contributed by atoms with van der Waals surface area (Å²) in [5.74, 6) is 0. The molecule has 2 heterocycles. The van der Waals surface area contributed by atoms with Crippen molar-refractivity contribution in [1.82, 2.24) is 0 Å². The van der Waals surface area contributed by atoms with Gasteiger partial charge in [-0.05, 0) is 45.6 Å². The topological polar surface area (TPSA) is 18.5 Å². The van der Waals surface area contributed by atoms with Crippen LogP contribution in [-0.2, 0) is 9.47 Å². The summed E-state index contributed by atoms with van der Waals surface area (Å²) in [5.41, 5.74) is 7.48. The highest BCUT2D eigenvalue weighted by Gasteiger charge is 2.25. The second-order valence-electron chi connectivity index (χ2n) is 6.12. The van der Waals surface area contributed by atoms with E-state index in [1.54, 1.807) is 0 Å². The van der Waals surface area contributed by atoms with E-state index in [0.29, 0.717) is 26.4 Å². The molecule has 0 aliphatic carbocycles. The first-order chi connectivity index (χ1) is 11.9. The summed E-state index contributed by atoms with van der Waals surface area (Å²) < 4.78 is 11.6. The Morgan fingerprint density at radius 1 is 0.583 bits per heavy atom. The van der Waals surface area contributed by atoms with Gasteiger partial charge >= 0.3 is 0 Å². The van der Waals surface area contributed by atoms with Crippen molar-refractivity contribution in [3.63, 3.8) is 0 Å². The first-order valence-corrected chi connectivity index (χ1v) is 8.29. The quantitative estimate of drug-likeness (QED) is 0.811. The lowest BCUT2D eigenvalue weighted by Crippen LogP contribution is -2.24. The second-order valence-corrected chi connectivity index (χ2v) is 6.12. The van der Waals surface area contributed by atoms with Gasteiger partial charge in [-0.15, -0.1) is 0 Å².